The van der Waals surface area contributed by atoms with E-state index in [0.29, 0.717) is 108 Å². The Kier molecular flexibility index (Phi) is 20.8. The first-order chi connectivity index (χ1) is 49.9. The number of hydrogen-bond donors (Lipinski definition) is 7. The molecule has 0 radical (unpaired) electrons. The molecule has 9 heterocycles. The topological polar surface area (TPSA) is 318 Å². The average molecular weight is 1370 g/mol. The van der Waals surface area contributed by atoms with Gasteiger partial charge in [-0.15, -0.1) is 0 Å². The first kappa shape index (κ1) is 69.2. The molecule has 0 saturated heterocycles. The van der Waals surface area contributed by atoms with Crippen molar-refractivity contribution in [3.8, 4) is 18.2 Å². The summed E-state index contributed by atoms with van der Waals surface area (Å²) in [6.07, 6.45) is 16.5. The van der Waals surface area contributed by atoms with Crippen molar-refractivity contribution in [1.82, 2.24) is 55.5 Å². The van der Waals surface area contributed by atoms with Crippen molar-refractivity contribution in [2.24, 2.45) is 5.73 Å². The van der Waals surface area contributed by atoms with Crippen LogP contribution in [0.4, 0.5) is 13.2 Å². The summed E-state index contributed by atoms with van der Waals surface area (Å²) in [4.78, 5) is 71.5. The lowest BCUT2D eigenvalue weighted by molar-refractivity contribution is 0.0695. The number of carboxylic acid groups (broad SMARTS) is 1. The molecular formula is C81H62F3N15O4. The highest BCUT2D eigenvalue weighted by molar-refractivity contribution is 5.95. The first-order valence-electron chi connectivity index (χ1n) is 32.4. The lowest BCUT2D eigenvalue weighted by Gasteiger charge is -2.09. The number of aromatic amines is 3. The number of H-pyrrole nitrogens is 3. The number of nitriles is 3. The van der Waals surface area contributed by atoms with Crippen LogP contribution in [0.15, 0.2) is 201 Å². The van der Waals surface area contributed by atoms with Crippen LogP contribution >= 0.6 is 0 Å². The molecule has 506 valence electrons. The summed E-state index contributed by atoms with van der Waals surface area (Å²) in [5, 5.41) is 48.5. The summed E-state index contributed by atoms with van der Waals surface area (Å²) < 4.78 is 41.8. The van der Waals surface area contributed by atoms with Gasteiger partial charge in [0.1, 0.15) is 35.7 Å². The lowest BCUT2D eigenvalue weighted by atomic mass is 10.0. The maximum absolute atomic E-state index is 14.3. The van der Waals surface area contributed by atoms with Crippen molar-refractivity contribution in [3.05, 3.63) is 319 Å². The number of aryl methyl sites for hydroxylation is 3. The molecule has 19 nitrogen and oxygen atoms in total. The van der Waals surface area contributed by atoms with Gasteiger partial charge in [-0.05, 0) is 216 Å². The standard InChI is InChI=1S/2C27H20FN5O.C18H13N3O2.C9H9FN2/c2*1-16-6-20-7-17(8-21(13-29)26(20)32-14-16)9-23-11-19(3-4-30-23)27(34)33-15-22-10-18-2-5-31-25(18)12-24(22)28;1-11-4-14-5-12(6-15(9-19)17(14)21-10-11)7-16-8-13(18(22)23)2-3-20-16;10-8-4-9-6(1-2-12-9)3-7(8)5-11/h2*2-8,10-12,14,31H,9,15H2,1H3,(H,33,34);2-6,8,10H,7H2,1H3,(H,22,23);1-4,12H,5,11H2. The third-order valence-corrected chi connectivity index (χ3v) is 16.9. The number of aromatic nitrogens is 9. The maximum atomic E-state index is 14.3. The van der Waals surface area contributed by atoms with Crippen molar-refractivity contribution < 1.29 is 32.7 Å². The first-order valence-corrected chi connectivity index (χ1v) is 32.4. The van der Waals surface area contributed by atoms with Gasteiger partial charge < -0.3 is 36.4 Å². The van der Waals surface area contributed by atoms with E-state index in [-0.39, 0.29) is 54.5 Å². The Bertz CT molecular complexity index is 5680. The van der Waals surface area contributed by atoms with E-state index in [1.54, 1.807) is 116 Å². The van der Waals surface area contributed by atoms with E-state index >= 15 is 0 Å². The second-order valence-corrected chi connectivity index (χ2v) is 24.6. The average Bonchev–Trinajstić information content (AvgIpc) is 1.81. The number of benzene rings is 6. The fraction of sp³-hybridized carbons (Fsp3) is 0.111. The Balaban J connectivity index is 0.000000137. The zero-order valence-corrected chi connectivity index (χ0v) is 55.7. The minimum atomic E-state index is -0.982. The number of carbonyl (C=O) groups excluding carboxylic acids is 2. The van der Waals surface area contributed by atoms with Gasteiger partial charge in [-0.3, -0.25) is 39.5 Å². The number of amides is 2. The highest BCUT2D eigenvalue weighted by Gasteiger charge is 2.17. The molecule has 0 bridgehead atoms. The molecule has 22 heteroatoms. The second kappa shape index (κ2) is 31.0. The molecule has 8 N–H and O–H groups in total. The van der Waals surface area contributed by atoms with Crippen LogP contribution in [0.25, 0.3) is 65.4 Å². The molecule has 0 aliphatic rings. The smallest absolute Gasteiger partial charge is 0.335 e. The van der Waals surface area contributed by atoms with Crippen molar-refractivity contribution in [3.63, 3.8) is 0 Å². The third-order valence-electron chi connectivity index (χ3n) is 16.9. The number of carboxylic acids is 1. The molecule has 0 aliphatic heterocycles. The van der Waals surface area contributed by atoms with Crippen LogP contribution in [0.3, 0.4) is 0 Å². The Morgan fingerprint density at radius 2 is 0.757 bits per heavy atom. The molecule has 0 unspecified atom stereocenters. The van der Waals surface area contributed by atoms with Gasteiger partial charge in [0.05, 0.1) is 38.8 Å². The Morgan fingerprint density at radius 3 is 1.10 bits per heavy atom. The minimum absolute atomic E-state index is 0.0754. The fourth-order valence-corrected chi connectivity index (χ4v) is 11.9. The van der Waals surface area contributed by atoms with Gasteiger partial charge >= 0.3 is 5.97 Å². The second-order valence-electron chi connectivity index (χ2n) is 24.6. The largest absolute Gasteiger partial charge is 0.478 e. The van der Waals surface area contributed by atoms with Gasteiger partial charge in [0, 0.05) is 172 Å². The van der Waals surface area contributed by atoms with Crippen LogP contribution in [0.1, 0.15) is 115 Å². The van der Waals surface area contributed by atoms with Crippen LogP contribution in [0.2, 0.25) is 0 Å². The van der Waals surface area contributed by atoms with E-state index in [1.165, 1.54) is 30.5 Å². The summed E-state index contributed by atoms with van der Waals surface area (Å²) in [5.41, 5.74) is 21.4. The van der Waals surface area contributed by atoms with E-state index in [1.807, 2.05) is 75.4 Å². The van der Waals surface area contributed by atoms with Gasteiger partial charge in [0.25, 0.3) is 11.8 Å². The molecule has 9 aromatic heterocycles. The van der Waals surface area contributed by atoms with Gasteiger partial charge in [-0.25, -0.2) is 18.0 Å². The monoisotopic (exact) mass is 1370 g/mol. The number of carbonyl (C=O) groups is 3. The third kappa shape index (κ3) is 16.5. The Labute approximate surface area is 587 Å². The Hall–Kier alpha value is -13.8. The SMILES string of the molecule is Cc1cnc2c(C#N)cc(Cc3cc(C(=O)NCc4cc5cc[nH]c5cc4F)ccn3)cc2c1.Cc1cnc2c(C#N)cc(Cc3cc(C(=O)NCc4cc5cc[nH]c5cc4F)ccn3)cc2c1.Cc1cnc2c(C#N)cc(Cc3cc(C(=O)O)ccn3)cc2c1.NCc1cc2cc[nH]c2cc1F. The summed E-state index contributed by atoms with van der Waals surface area (Å²) in [6.45, 7) is 6.25. The van der Waals surface area contributed by atoms with Gasteiger partial charge in [0.15, 0.2) is 0 Å². The lowest BCUT2D eigenvalue weighted by Crippen LogP contribution is -2.23. The quantitative estimate of drug-likeness (QED) is 0.0532. The van der Waals surface area contributed by atoms with Crippen molar-refractivity contribution >= 4 is 83.2 Å². The number of rotatable bonds is 14. The fourth-order valence-electron chi connectivity index (χ4n) is 11.9. The van der Waals surface area contributed by atoms with Crippen LogP contribution < -0.4 is 16.4 Å². The number of fused-ring (bicyclic) bond motifs is 6. The van der Waals surface area contributed by atoms with Crippen LogP contribution in [0, 0.1) is 72.2 Å². The van der Waals surface area contributed by atoms with Crippen LogP contribution in [0.5, 0.6) is 0 Å². The maximum Gasteiger partial charge on any atom is 0.335 e. The van der Waals surface area contributed by atoms with Crippen molar-refractivity contribution in [2.75, 3.05) is 0 Å². The van der Waals surface area contributed by atoms with E-state index in [4.69, 9.17) is 10.8 Å². The molecule has 6 aromatic carbocycles. The van der Waals surface area contributed by atoms with Crippen LogP contribution in [-0.2, 0) is 38.9 Å². The summed E-state index contributed by atoms with van der Waals surface area (Å²) >= 11 is 0. The molecule has 15 rings (SSSR count). The predicted octanol–water partition coefficient (Wildman–Crippen LogP) is 14.8. The number of nitrogens with zero attached hydrogens (tertiary/aromatic N) is 9. The molecule has 2 amide bonds. The van der Waals surface area contributed by atoms with Gasteiger partial charge in [-0.2, -0.15) is 15.8 Å². The van der Waals surface area contributed by atoms with E-state index < -0.39 is 5.97 Å². The summed E-state index contributed by atoms with van der Waals surface area (Å²) in [6, 6.07) is 48.7. The number of nitrogens with two attached hydrogens (primary N) is 1. The number of hydrogen-bond acceptors (Lipinski definition) is 13. The summed E-state index contributed by atoms with van der Waals surface area (Å²) in [5.74, 6) is -2.60. The highest BCUT2D eigenvalue weighted by atomic mass is 19.1. The van der Waals surface area contributed by atoms with E-state index in [2.05, 4.69) is 73.7 Å². The number of nitrogens with one attached hydrogen (secondary N) is 5. The Morgan fingerprint density at radius 1 is 0.427 bits per heavy atom. The van der Waals surface area contributed by atoms with Gasteiger partial charge in [0.2, 0.25) is 0 Å². The molecule has 0 fully saturated rings. The van der Waals surface area contributed by atoms with Crippen molar-refractivity contribution in [1.29, 1.82) is 15.8 Å². The molecule has 15 aromatic rings. The minimum Gasteiger partial charge on any atom is -0.478 e. The molecule has 0 atom stereocenters. The highest BCUT2D eigenvalue weighted by Crippen LogP contribution is 2.27. The zero-order chi connectivity index (χ0) is 72.3. The van der Waals surface area contributed by atoms with Crippen LogP contribution in [-0.4, -0.2) is 67.7 Å². The molecular weight excluding hydrogens is 1300 g/mol. The normalized spacial score (nSPS) is 10.8. The van der Waals surface area contributed by atoms with E-state index in [0.717, 1.165) is 71.2 Å². The molecule has 103 heavy (non-hydrogen) atoms. The number of aromatic carboxylic acids is 1. The van der Waals surface area contributed by atoms with Gasteiger partial charge in [-0.1, -0.05) is 0 Å². The predicted molar refractivity (Wildman–Crippen MR) is 387 cm³/mol. The number of pyridine rings is 6. The summed E-state index contributed by atoms with van der Waals surface area (Å²) in [7, 11) is 0. The molecule has 0 saturated carbocycles. The number of halogens is 3. The zero-order valence-electron chi connectivity index (χ0n) is 55.7. The van der Waals surface area contributed by atoms with Crippen molar-refractivity contribution in [2.45, 2.75) is 59.7 Å². The molecule has 0 aliphatic carbocycles. The van der Waals surface area contributed by atoms with E-state index in [9.17, 15) is 43.3 Å². The molecule has 0 spiro atoms.